The predicted octanol–water partition coefficient (Wildman–Crippen LogP) is 3.16. The summed E-state index contributed by atoms with van der Waals surface area (Å²) in [6.07, 6.45) is -0.749. The fourth-order valence-corrected chi connectivity index (χ4v) is 3.98. The van der Waals surface area contributed by atoms with Gasteiger partial charge in [0.05, 0.1) is 15.2 Å². The van der Waals surface area contributed by atoms with E-state index in [9.17, 15) is 4.79 Å². The smallest absolute Gasteiger partial charge is 0.292 e. The van der Waals surface area contributed by atoms with Crippen LogP contribution in [0.15, 0.2) is 47.5 Å². The number of benzene rings is 2. The Kier molecular flexibility index (Phi) is 3.78. The molecule has 122 valence electrons. The molecule has 24 heavy (non-hydrogen) atoms. The fourth-order valence-electron chi connectivity index (χ4n) is 2.57. The highest BCUT2D eigenvalue weighted by Crippen LogP contribution is 2.31. The third kappa shape index (κ3) is 2.57. The van der Waals surface area contributed by atoms with Crippen molar-refractivity contribution in [3.8, 4) is 11.5 Å². The molecule has 2 heterocycles. The number of aromatic nitrogens is 1. The zero-order chi connectivity index (χ0) is 16.7. The Morgan fingerprint density at radius 2 is 2.04 bits per heavy atom. The van der Waals surface area contributed by atoms with Gasteiger partial charge >= 0.3 is 0 Å². The van der Waals surface area contributed by atoms with Crippen LogP contribution in [0.2, 0.25) is 5.02 Å². The second-order valence-corrected chi connectivity index (χ2v) is 6.76. The van der Waals surface area contributed by atoms with Gasteiger partial charge in [-0.05, 0) is 24.3 Å². The second-order valence-electron chi connectivity index (χ2n) is 5.34. The molecule has 0 unspecified atom stereocenters. The Morgan fingerprint density at radius 3 is 2.83 bits per heavy atom. The Balaban J connectivity index is 1.68. The van der Waals surface area contributed by atoms with E-state index in [0.29, 0.717) is 21.3 Å². The van der Waals surface area contributed by atoms with Crippen molar-refractivity contribution in [3.05, 3.63) is 52.3 Å². The summed E-state index contributed by atoms with van der Waals surface area (Å²) in [4.78, 5) is 17.3. The molecule has 7 heteroatoms. The third-order valence-corrected chi connectivity index (χ3v) is 5.17. The number of hydrogen-bond acceptors (Lipinski definition) is 4. The van der Waals surface area contributed by atoms with Crippen LogP contribution in [0.25, 0.3) is 10.2 Å². The summed E-state index contributed by atoms with van der Waals surface area (Å²) in [5, 5.41) is 0.631. The first-order chi connectivity index (χ1) is 11.6. The molecule has 5 nitrogen and oxygen atoms in total. The van der Waals surface area contributed by atoms with Gasteiger partial charge in [-0.1, -0.05) is 41.1 Å². The number of nitrogens with zero attached hydrogens (tertiary/aromatic N) is 2. The second kappa shape index (κ2) is 5.96. The van der Waals surface area contributed by atoms with Crippen LogP contribution in [-0.2, 0) is 11.8 Å². The number of amides is 1. The van der Waals surface area contributed by atoms with Crippen molar-refractivity contribution in [2.24, 2.45) is 12.0 Å². The molecule has 1 aliphatic rings. The topological polar surface area (TPSA) is 52.8 Å². The molecular formula is C17H13ClN2O3S. The van der Waals surface area contributed by atoms with E-state index < -0.39 is 6.10 Å². The summed E-state index contributed by atoms with van der Waals surface area (Å²) >= 11 is 7.64. The van der Waals surface area contributed by atoms with E-state index in [0.717, 1.165) is 10.2 Å². The highest BCUT2D eigenvalue weighted by Gasteiger charge is 2.27. The first kappa shape index (κ1) is 15.2. The van der Waals surface area contributed by atoms with Gasteiger partial charge in [-0.2, -0.15) is 4.99 Å². The van der Waals surface area contributed by atoms with Gasteiger partial charge in [-0.25, -0.2) is 0 Å². The van der Waals surface area contributed by atoms with Crippen LogP contribution < -0.4 is 14.3 Å². The number of halogens is 1. The number of ether oxygens (including phenoxy) is 2. The van der Waals surface area contributed by atoms with E-state index in [1.807, 2.05) is 41.9 Å². The van der Waals surface area contributed by atoms with Gasteiger partial charge in [0.2, 0.25) is 6.10 Å². The average molecular weight is 361 g/mol. The van der Waals surface area contributed by atoms with Crippen molar-refractivity contribution in [1.82, 2.24) is 4.57 Å². The molecule has 0 spiro atoms. The molecule has 1 aliphatic heterocycles. The maximum atomic E-state index is 12.5. The molecule has 0 N–H and O–H groups in total. The zero-order valence-electron chi connectivity index (χ0n) is 12.7. The van der Waals surface area contributed by atoms with E-state index in [1.54, 1.807) is 12.1 Å². The van der Waals surface area contributed by atoms with Crippen molar-refractivity contribution in [2.75, 3.05) is 6.61 Å². The van der Waals surface area contributed by atoms with E-state index in [2.05, 4.69) is 4.99 Å². The Bertz CT molecular complexity index is 1010. The van der Waals surface area contributed by atoms with Gasteiger partial charge in [0, 0.05) is 7.05 Å². The number of thiazole rings is 1. The minimum atomic E-state index is -0.749. The maximum absolute atomic E-state index is 12.5. The lowest BCUT2D eigenvalue weighted by Gasteiger charge is -2.23. The lowest BCUT2D eigenvalue weighted by Crippen LogP contribution is -2.36. The van der Waals surface area contributed by atoms with Crippen molar-refractivity contribution < 1.29 is 14.3 Å². The van der Waals surface area contributed by atoms with Crippen LogP contribution >= 0.6 is 22.9 Å². The molecule has 0 radical (unpaired) electrons. The molecular weight excluding hydrogens is 348 g/mol. The van der Waals surface area contributed by atoms with E-state index in [-0.39, 0.29) is 12.5 Å². The largest absolute Gasteiger partial charge is 0.485 e. The van der Waals surface area contributed by atoms with Gasteiger partial charge in [0.25, 0.3) is 5.91 Å². The highest BCUT2D eigenvalue weighted by molar-refractivity contribution is 7.16. The first-order valence-corrected chi connectivity index (χ1v) is 8.54. The van der Waals surface area contributed by atoms with E-state index in [1.165, 1.54) is 11.3 Å². The molecule has 2 aromatic carbocycles. The summed E-state index contributed by atoms with van der Waals surface area (Å²) in [7, 11) is 1.84. The summed E-state index contributed by atoms with van der Waals surface area (Å²) in [5.41, 5.74) is 0.863. The van der Waals surface area contributed by atoms with Crippen LogP contribution in [0.1, 0.15) is 0 Å². The van der Waals surface area contributed by atoms with Crippen LogP contribution in [0.5, 0.6) is 11.5 Å². The molecule has 0 fully saturated rings. The molecule has 0 aliphatic carbocycles. The molecule has 3 aromatic rings. The summed E-state index contributed by atoms with van der Waals surface area (Å²) in [6, 6.07) is 12.9. The molecule has 1 amide bonds. The zero-order valence-corrected chi connectivity index (χ0v) is 14.3. The monoisotopic (exact) mass is 360 g/mol. The molecule has 1 aromatic heterocycles. The molecule has 0 bridgehead atoms. The number of fused-ring (bicyclic) bond motifs is 2. The Hall–Kier alpha value is -2.31. The van der Waals surface area contributed by atoms with Gasteiger partial charge in [0.1, 0.15) is 6.61 Å². The van der Waals surface area contributed by atoms with Gasteiger partial charge < -0.3 is 14.0 Å². The number of carbonyl (C=O) groups excluding carboxylic acids is 1. The number of rotatable bonds is 1. The molecule has 1 atom stereocenters. The molecule has 0 saturated heterocycles. The predicted molar refractivity (Wildman–Crippen MR) is 92.7 cm³/mol. The maximum Gasteiger partial charge on any atom is 0.292 e. The standard InChI is InChI=1S/C17H13ClN2O3S/c1-20-15-10(18)5-4-8-14(15)24-17(20)19-16(21)13-9-22-11-6-2-3-7-12(11)23-13/h2-8,13H,9H2,1H3/t13-/m0/s1. The lowest BCUT2D eigenvalue weighted by molar-refractivity contribution is -0.127. The van der Waals surface area contributed by atoms with Crippen LogP contribution in [0, 0.1) is 0 Å². The van der Waals surface area contributed by atoms with Crippen LogP contribution in [0.3, 0.4) is 0 Å². The third-order valence-electron chi connectivity index (χ3n) is 3.76. The van der Waals surface area contributed by atoms with Crippen molar-refractivity contribution in [1.29, 1.82) is 0 Å². The minimum absolute atomic E-state index is 0.148. The van der Waals surface area contributed by atoms with Gasteiger partial charge in [-0.15, -0.1) is 0 Å². The summed E-state index contributed by atoms with van der Waals surface area (Å²) < 4.78 is 14.1. The minimum Gasteiger partial charge on any atom is -0.485 e. The summed E-state index contributed by atoms with van der Waals surface area (Å²) in [5.74, 6) is 0.824. The fraction of sp³-hybridized carbons (Fsp3) is 0.176. The van der Waals surface area contributed by atoms with E-state index in [4.69, 9.17) is 21.1 Å². The SMILES string of the molecule is Cn1c(=NC(=O)[C@@H]2COc3ccccc3O2)sc2cccc(Cl)c21. The number of aryl methyl sites for hydroxylation is 1. The van der Waals surface area contributed by atoms with Crippen LogP contribution in [-0.4, -0.2) is 23.2 Å². The van der Waals surface area contributed by atoms with Gasteiger partial charge in [0.15, 0.2) is 16.3 Å². The van der Waals surface area contributed by atoms with Crippen molar-refractivity contribution >= 4 is 39.1 Å². The normalized spacial score (nSPS) is 17.2. The molecule has 0 saturated carbocycles. The van der Waals surface area contributed by atoms with E-state index >= 15 is 0 Å². The Morgan fingerprint density at radius 1 is 1.25 bits per heavy atom. The number of para-hydroxylation sites is 3. The first-order valence-electron chi connectivity index (χ1n) is 7.34. The van der Waals surface area contributed by atoms with Crippen molar-refractivity contribution in [3.63, 3.8) is 0 Å². The Labute approximate surface area is 146 Å². The number of carbonyl (C=O) groups is 1. The molecule has 4 rings (SSSR count). The van der Waals surface area contributed by atoms with Crippen molar-refractivity contribution in [2.45, 2.75) is 6.10 Å². The summed E-state index contributed by atoms with van der Waals surface area (Å²) in [6.45, 7) is 0.148. The average Bonchev–Trinajstić information content (AvgIpc) is 2.91. The van der Waals surface area contributed by atoms with Crippen LogP contribution in [0.4, 0.5) is 0 Å². The van der Waals surface area contributed by atoms with Gasteiger partial charge in [-0.3, -0.25) is 4.79 Å². The quantitative estimate of drug-likeness (QED) is 0.669. The highest BCUT2D eigenvalue weighted by atomic mass is 35.5. The number of hydrogen-bond donors (Lipinski definition) is 0. The lowest BCUT2D eigenvalue weighted by atomic mass is 10.2.